The van der Waals surface area contributed by atoms with Crippen LogP contribution in [0.5, 0.6) is 0 Å². The second kappa shape index (κ2) is 4.75. The zero-order chi connectivity index (χ0) is 12.5. The number of nitrogens with zero attached hydrogens (tertiary/aromatic N) is 3. The number of hydrogen-bond acceptors (Lipinski definition) is 5. The first-order valence-electron chi connectivity index (χ1n) is 4.27. The Kier molecular flexibility index (Phi) is 3.50. The fraction of sp³-hybridized carbons (Fsp3) is 0. The lowest BCUT2D eigenvalue weighted by Gasteiger charge is -2.01. The summed E-state index contributed by atoms with van der Waals surface area (Å²) in [5.41, 5.74) is 0. The van der Waals surface area contributed by atoms with Gasteiger partial charge in [-0.1, -0.05) is 18.2 Å². The molecule has 1 aromatic heterocycles. The van der Waals surface area contributed by atoms with E-state index < -0.39 is 15.0 Å². The van der Waals surface area contributed by atoms with Gasteiger partial charge in [0.05, 0.1) is 4.90 Å². The number of hydrogen-bond donors (Lipinski definition) is 0. The summed E-state index contributed by atoms with van der Waals surface area (Å²) in [6, 6.07) is 7.65. The van der Waals surface area contributed by atoms with E-state index in [4.69, 9.17) is 0 Å². The van der Waals surface area contributed by atoms with Crippen molar-refractivity contribution in [1.29, 1.82) is 0 Å². The molecule has 0 spiro atoms. The molecule has 0 saturated heterocycles. The monoisotopic (exact) mass is 337 g/mol. The summed E-state index contributed by atoms with van der Waals surface area (Å²) in [5.74, 6) is 0. The standard InChI is InChI=1S/C8H5BrFN3O2S2/c9-7-11-8(13(12-7)16-10)17(14,15)6-4-2-1-3-5-6/h1-5H. The van der Waals surface area contributed by atoms with Crippen molar-refractivity contribution in [2.24, 2.45) is 0 Å². The van der Waals surface area contributed by atoms with Crippen molar-refractivity contribution in [2.75, 3.05) is 0 Å². The van der Waals surface area contributed by atoms with Gasteiger partial charge in [-0.25, -0.2) is 8.42 Å². The van der Waals surface area contributed by atoms with Crippen LogP contribution < -0.4 is 0 Å². The van der Waals surface area contributed by atoms with Crippen LogP contribution in [0.15, 0.2) is 45.1 Å². The Bertz CT molecular complexity index is 629. The molecular formula is C8H5BrFN3O2S2. The lowest BCUT2D eigenvalue weighted by molar-refractivity contribution is 0.584. The highest BCUT2D eigenvalue weighted by Crippen LogP contribution is 2.23. The largest absolute Gasteiger partial charge is 0.264 e. The maximum atomic E-state index is 12.5. The van der Waals surface area contributed by atoms with Gasteiger partial charge in [0.25, 0.3) is 5.16 Å². The van der Waals surface area contributed by atoms with E-state index in [1.165, 1.54) is 12.1 Å². The van der Waals surface area contributed by atoms with Crippen LogP contribution in [0.3, 0.4) is 0 Å². The van der Waals surface area contributed by atoms with E-state index in [-0.39, 0.29) is 22.0 Å². The van der Waals surface area contributed by atoms with Crippen molar-refractivity contribution in [1.82, 2.24) is 14.2 Å². The van der Waals surface area contributed by atoms with Crippen molar-refractivity contribution in [2.45, 2.75) is 10.1 Å². The van der Waals surface area contributed by atoms with E-state index in [2.05, 4.69) is 26.0 Å². The minimum atomic E-state index is -3.86. The molecule has 0 aliphatic heterocycles. The molecule has 17 heavy (non-hydrogen) atoms. The Labute approximate surface area is 110 Å². The van der Waals surface area contributed by atoms with E-state index in [9.17, 15) is 12.3 Å². The van der Waals surface area contributed by atoms with Crippen LogP contribution in [0.2, 0.25) is 0 Å². The average Bonchev–Trinajstić information content (AvgIpc) is 2.72. The molecule has 90 valence electrons. The van der Waals surface area contributed by atoms with Crippen LogP contribution in [0, 0.1) is 0 Å². The Morgan fingerprint density at radius 2 is 1.94 bits per heavy atom. The predicted molar refractivity (Wildman–Crippen MR) is 63.7 cm³/mol. The van der Waals surface area contributed by atoms with Gasteiger partial charge in [0.15, 0.2) is 12.3 Å². The Morgan fingerprint density at radius 1 is 1.29 bits per heavy atom. The molecule has 0 amide bonds. The number of benzene rings is 1. The lowest BCUT2D eigenvalue weighted by atomic mass is 10.4. The number of sulfone groups is 1. The van der Waals surface area contributed by atoms with Crippen molar-refractivity contribution in [3.05, 3.63) is 35.1 Å². The van der Waals surface area contributed by atoms with Gasteiger partial charge in [-0.3, -0.25) is 0 Å². The van der Waals surface area contributed by atoms with Gasteiger partial charge >= 0.3 is 0 Å². The van der Waals surface area contributed by atoms with Gasteiger partial charge in [-0.15, -0.1) is 13.1 Å². The highest BCUT2D eigenvalue weighted by Gasteiger charge is 2.26. The summed E-state index contributed by atoms with van der Waals surface area (Å²) >= 11 is 2.57. The molecule has 1 aromatic carbocycles. The first-order chi connectivity index (χ1) is 8.05. The average molecular weight is 338 g/mol. The van der Waals surface area contributed by atoms with Crippen LogP contribution >= 0.6 is 28.3 Å². The molecule has 0 bridgehead atoms. The molecule has 0 N–H and O–H groups in total. The molecule has 0 atom stereocenters. The Hall–Kier alpha value is -0.930. The van der Waals surface area contributed by atoms with Crippen LogP contribution in [0.1, 0.15) is 0 Å². The SMILES string of the molecule is O=S(=O)(c1ccccc1)c1nc(Br)nn1SF. The van der Waals surface area contributed by atoms with Crippen molar-refractivity contribution in [3.63, 3.8) is 0 Å². The fourth-order valence-corrected chi connectivity index (χ4v) is 3.49. The third-order valence-electron chi connectivity index (χ3n) is 1.88. The Balaban J connectivity index is 2.60. The van der Waals surface area contributed by atoms with Gasteiger partial charge in [-0.05, 0) is 28.1 Å². The summed E-state index contributed by atoms with van der Waals surface area (Å²) in [6.07, 6.45) is 0. The topological polar surface area (TPSA) is 64.8 Å². The number of halogens is 2. The number of aromatic nitrogens is 3. The quantitative estimate of drug-likeness (QED) is 0.859. The molecule has 1 heterocycles. The maximum absolute atomic E-state index is 12.5. The second-order valence-electron chi connectivity index (χ2n) is 2.92. The highest BCUT2D eigenvalue weighted by molar-refractivity contribution is 9.10. The fourth-order valence-electron chi connectivity index (χ4n) is 1.17. The summed E-state index contributed by atoms with van der Waals surface area (Å²) in [4.78, 5) is 3.69. The zero-order valence-corrected chi connectivity index (χ0v) is 11.3. The summed E-state index contributed by atoms with van der Waals surface area (Å²) < 4.78 is 37.4. The van der Waals surface area contributed by atoms with Gasteiger partial charge < -0.3 is 0 Å². The highest BCUT2D eigenvalue weighted by atomic mass is 79.9. The third kappa shape index (κ3) is 2.35. The first-order valence-corrected chi connectivity index (χ1v) is 7.22. The van der Waals surface area contributed by atoms with Crippen LogP contribution in [-0.4, -0.2) is 22.6 Å². The Morgan fingerprint density at radius 3 is 2.53 bits per heavy atom. The molecule has 0 saturated carbocycles. The van der Waals surface area contributed by atoms with E-state index in [1.54, 1.807) is 18.2 Å². The molecule has 0 unspecified atom stereocenters. The van der Waals surface area contributed by atoms with E-state index in [0.29, 0.717) is 4.09 Å². The molecule has 0 radical (unpaired) electrons. The smallest absolute Gasteiger partial charge is 0.215 e. The molecule has 2 aromatic rings. The lowest BCUT2D eigenvalue weighted by Crippen LogP contribution is -2.08. The first kappa shape index (κ1) is 12.5. The van der Waals surface area contributed by atoms with Crippen LogP contribution in [-0.2, 0) is 9.84 Å². The minimum absolute atomic E-state index is 0.0113. The molecule has 5 nitrogen and oxygen atoms in total. The van der Waals surface area contributed by atoms with Gasteiger partial charge in [0.2, 0.25) is 14.6 Å². The van der Waals surface area contributed by atoms with Crippen LogP contribution in [0.4, 0.5) is 3.89 Å². The van der Waals surface area contributed by atoms with Crippen molar-refractivity contribution in [3.8, 4) is 0 Å². The third-order valence-corrected chi connectivity index (χ3v) is 4.36. The van der Waals surface area contributed by atoms with Gasteiger partial charge in [-0.2, -0.15) is 4.98 Å². The van der Waals surface area contributed by atoms with E-state index >= 15 is 0 Å². The zero-order valence-electron chi connectivity index (χ0n) is 8.12. The van der Waals surface area contributed by atoms with E-state index in [0.717, 1.165) is 0 Å². The second-order valence-corrected chi connectivity index (χ2v) is 5.96. The summed E-state index contributed by atoms with van der Waals surface area (Å²) in [6.45, 7) is 0. The predicted octanol–water partition coefficient (Wildman–Crippen LogP) is 2.25. The normalized spacial score (nSPS) is 11.6. The molecular weight excluding hydrogens is 333 g/mol. The number of rotatable bonds is 3. The van der Waals surface area contributed by atoms with Crippen molar-refractivity contribution >= 4 is 38.1 Å². The van der Waals surface area contributed by atoms with Crippen LogP contribution in [0.25, 0.3) is 0 Å². The minimum Gasteiger partial charge on any atom is -0.215 e. The van der Waals surface area contributed by atoms with Crippen molar-refractivity contribution < 1.29 is 12.3 Å². The van der Waals surface area contributed by atoms with E-state index in [1.807, 2.05) is 0 Å². The van der Waals surface area contributed by atoms with Gasteiger partial charge in [0.1, 0.15) is 0 Å². The molecule has 9 heteroatoms. The molecule has 0 aliphatic rings. The summed E-state index contributed by atoms with van der Waals surface area (Å²) in [5, 5.41) is 3.10. The molecule has 2 rings (SSSR count). The molecule has 0 fully saturated rings. The maximum Gasteiger partial charge on any atom is 0.264 e. The summed E-state index contributed by atoms with van der Waals surface area (Å²) in [7, 11) is -3.86. The molecule has 0 aliphatic carbocycles. The van der Waals surface area contributed by atoms with Gasteiger partial charge in [0, 0.05) is 0 Å².